The van der Waals surface area contributed by atoms with E-state index in [9.17, 15) is 10.1 Å². The van der Waals surface area contributed by atoms with Crippen molar-refractivity contribution in [3.05, 3.63) is 42.2 Å². The maximum absolute atomic E-state index is 12.6. The summed E-state index contributed by atoms with van der Waals surface area (Å²) in [6.07, 6.45) is 2.83. The van der Waals surface area contributed by atoms with Crippen molar-refractivity contribution in [3.63, 3.8) is 0 Å². The summed E-state index contributed by atoms with van der Waals surface area (Å²) in [5, 5.41) is 14.2. The zero-order chi connectivity index (χ0) is 23.1. The van der Waals surface area contributed by atoms with Crippen LogP contribution in [0, 0.1) is 36.5 Å². The summed E-state index contributed by atoms with van der Waals surface area (Å²) in [4.78, 5) is 13.8. The van der Waals surface area contributed by atoms with Gasteiger partial charge in [0.05, 0.1) is 15.6 Å². The van der Waals surface area contributed by atoms with Gasteiger partial charge >= 0.3 is 0 Å². The second-order valence-electron chi connectivity index (χ2n) is 8.98. The van der Waals surface area contributed by atoms with Crippen LogP contribution in [0.1, 0.15) is 54.3 Å². The van der Waals surface area contributed by atoms with Crippen molar-refractivity contribution in [2.45, 2.75) is 53.9 Å². The zero-order valence-corrected chi connectivity index (χ0v) is 21.3. The maximum atomic E-state index is 12.6. The molecule has 8 heteroatoms. The predicted molar refractivity (Wildman–Crippen MR) is 129 cm³/mol. The first-order chi connectivity index (χ1) is 14.5. The van der Waals surface area contributed by atoms with Crippen molar-refractivity contribution in [2.24, 2.45) is 11.3 Å². The molecule has 1 aromatic carbocycles. The molecule has 0 fully saturated rings. The van der Waals surface area contributed by atoms with Gasteiger partial charge in [0.1, 0.15) is 11.1 Å². The van der Waals surface area contributed by atoms with Crippen LogP contribution in [0.25, 0.3) is 0 Å². The number of fused-ring (bicyclic) bond motifs is 1. The molecule has 1 heterocycles. The van der Waals surface area contributed by atoms with E-state index < -0.39 is 0 Å². The van der Waals surface area contributed by atoms with Gasteiger partial charge in [0.25, 0.3) is 5.91 Å². The van der Waals surface area contributed by atoms with Crippen LogP contribution in [0.4, 0.5) is 5.00 Å². The smallest absolute Gasteiger partial charge is 0.262 e. The fourth-order valence-corrected chi connectivity index (χ4v) is 5.98. The van der Waals surface area contributed by atoms with Gasteiger partial charge in [-0.05, 0) is 61.1 Å². The van der Waals surface area contributed by atoms with Gasteiger partial charge in [-0.3, -0.25) is 4.79 Å². The van der Waals surface area contributed by atoms with Crippen LogP contribution in [0.15, 0.2) is 0 Å². The minimum absolute atomic E-state index is 0.207. The van der Waals surface area contributed by atoms with Crippen LogP contribution in [-0.2, 0) is 17.6 Å². The van der Waals surface area contributed by atoms with E-state index in [4.69, 9.17) is 39.5 Å². The number of hydrogen-bond acceptors (Lipinski definition) is 4. The second-order valence-corrected chi connectivity index (χ2v) is 11.2. The van der Waals surface area contributed by atoms with Crippen molar-refractivity contribution in [3.8, 4) is 11.8 Å². The van der Waals surface area contributed by atoms with E-state index in [0.29, 0.717) is 32.6 Å². The van der Waals surface area contributed by atoms with Gasteiger partial charge in [0, 0.05) is 9.90 Å². The number of benzene rings is 1. The van der Waals surface area contributed by atoms with E-state index in [-0.39, 0.29) is 33.7 Å². The molecule has 1 aliphatic rings. The van der Waals surface area contributed by atoms with Crippen LogP contribution < -0.4 is 10.1 Å². The van der Waals surface area contributed by atoms with Crippen molar-refractivity contribution in [1.29, 1.82) is 5.26 Å². The molecule has 2 aromatic rings. The molecule has 0 aliphatic heterocycles. The Balaban J connectivity index is 1.76. The Hall–Kier alpha value is -1.45. The highest BCUT2D eigenvalue weighted by Crippen LogP contribution is 2.44. The Kier molecular flexibility index (Phi) is 7.18. The molecule has 1 aliphatic carbocycles. The summed E-state index contributed by atoms with van der Waals surface area (Å²) in [5.41, 5.74) is 3.13. The minimum atomic E-state index is -0.375. The average Bonchev–Trinajstić information content (AvgIpc) is 3.06. The van der Waals surface area contributed by atoms with Crippen molar-refractivity contribution in [1.82, 2.24) is 0 Å². The molecule has 0 saturated heterocycles. The average molecular weight is 500 g/mol. The summed E-state index contributed by atoms with van der Waals surface area (Å²) >= 11 is 20.3. The van der Waals surface area contributed by atoms with E-state index >= 15 is 0 Å². The molecule has 31 heavy (non-hydrogen) atoms. The van der Waals surface area contributed by atoms with Gasteiger partial charge in [0.15, 0.2) is 12.4 Å². The molecule has 166 valence electrons. The summed E-state index contributed by atoms with van der Waals surface area (Å²) in [6, 6.07) is 2.27. The Bertz CT molecular complexity index is 1050. The number of thiophene rings is 1. The van der Waals surface area contributed by atoms with E-state index in [2.05, 4.69) is 32.2 Å². The first kappa shape index (κ1) is 24.2. The number of hydrogen-bond donors (Lipinski definition) is 1. The van der Waals surface area contributed by atoms with E-state index in [1.54, 1.807) is 13.8 Å². The molecule has 1 aromatic heterocycles. The number of nitrogens with zero attached hydrogens (tertiary/aromatic N) is 1. The third-order valence-electron chi connectivity index (χ3n) is 5.92. The number of amides is 1. The standard InChI is InChI=1S/C23H25Cl3N2O2S/c1-11-18(24)12(2)20(26)21(19(11)25)30-10-17(29)28-22-15(9-27)14-7-6-13(23(3,4)5)8-16(14)31-22/h13H,6-8,10H2,1-5H3,(H,28,29)/t13-/m1/s1. The third kappa shape index (κ3) is 4.83. The number of carbonyl (C=O) groups excluding carboxylic acids is 1. The van der Waals surface area contributed by atoms with Crippen molar-refractivity contribution < 1.29 is 9.53 Å². The van der Waals surface area contributed by atoms with Crippen LogP contribution in [0.3, 0.4) is 0 Å². The van der Waals surface area contributed by atoms with Gasteiger partial charge in [-0.2, -0.15) is 5.26 Å². The molecule has 0 radical (unpaired) electrons. The van der Waals surface area contributed by atoms with Gasteiger partial charge in [-0.15, -0.1) is 11.3 Å². The molecule has 0 spiro atoms. The lowest BCUT2D eigenvalue weighted by Gasteiger charge is -2.33. The van der Waals surface area contributed by atoms with Gasteiger partial charge < -0.3 is 10.1 Å². The fourth-order valence-electron chi connectivity index (χ4n) is 3.87. The van der Waals surface area contributed by atoms with Gasteiger partial charge in [-0.1, -0.05) is 55.6 Å². The fraction of sp³-hybridized carbons (Fsp3) is 0.478. The van der Waals surface area contributed by atoms with Crippen molar-refractivity contribution >= 4 is 57.0 Å². The Morgan fingerprint density at radius 1 is 1.19 bits per heavy atom. The summed E-state index contributed by atoms with van der Waals surface area (Å²) in [6.45, 7) is 9.99. The molecule has 1 atom stereocenters. The number of nitriles is 1. The maximum Gasteiger partial charge on any atom is 0.262 e. The summed E-state index contributed by atoms with van der Waals surface area (Å²) < 4.78 is 5.64. The predicted octanol–water partition coefficient (Wildman–Crippen LogP) is 7.37. The Labute approximate surface area is 202 Å². The van der Waals surface area contributed by atoms with Gasteiger partial charge in [-0.25, -0.2) is 0 Å². The van der Waals surface area contributed by atoms with Crippen LogP contribution in [0.5, 0.6) is 5.75 Å². The third-order valence-corrected chi connectivity index (χ3v) is 8.56. The molecule has 0 saturated carbocycles. The normalized spacial score (nSPS) is 15.9. The number of anilines is 1. The molecule has 3 rings (SSSR count). The topological polar surface area (TPSA) is 62.1 Å². The largest absolute Gasteiger partial charge is 0.481 e. The molecule has 0 bridgehead atoms. The number of nitrogens with one attached hydrogen (secondary N) is 1. The SMILES string of the molecule is Cc1c(Cl)c(C)c(Cl)c(OCC(=O)Nc2sc3c(c2C#N)CC[C@@H](C(C)(C)C)C3)c1Cl. The van der Waals surface area contributed by atoms with E-state index in [1.165, 1.54) is 16.2 Å². The highest BCUT2D eigenvalue weighted by Gasteiger charge is 2.32. The molecule has 1 N–H and O–H groups in total. The highest BCUT2D eigenvalue weighted by atomic mass is 35.5. The van der Waals surface area contributed by atoms with Crippen molar-refractivity contribution in [2.75, 3.05) is 11.9 Å². The quantitative estimate of drug-likeness (QED) is 0.478. The first-order valence-corrected chi connectivity index (χ1v) is 12.0. The molecular formula is C23H25Cl3N2O2S. The number of ether oxygens (including phenoxy) is 1. The summed E-state index contributed by atoms with van der Waals surface area (Å²) in [7, 11) is 0. The monoisotopic (exact) mass is 498 g/mol. The van der Waals surface area contributed by atoms with Crippen LogP contribution >= 0.6 is 46.1 Å². The lowest BCUT2D eigenvalue weighted by Crippen LogP contribution is -2.26. The number of carbonyl (C=O) groups is 1. The van der Waals surface area contributed by atoms with E-state index in [1.807, 2.05) is 0 Å². The van der Waals surface area contributed by atoms with Crippen LogP contribution in [0.2, 0.25) is 15.1 Å². The lowest BCUT2D eigenvalue weighted by molar-refractivity contribution is -0.118. The lowest BCUT2D eigenvalue weighted by atomic mass is 9.72. The number of halogens is 3. The molecular weight excluding hydrogens is 475 g/mol. The highest BCUT2D eigenvalue weighted by molar-refractivity contribution is 7.16. The molecule has 4 nitrogen and oxygen atoms in total. The first-order valence-electron chi connectivity index (χ1n) is 10.1. The van der Waals surface area contributed by atoms with E-state index in [0.717, 1.165) is 24.8 Å². The molecule has 1 amide bonds. The second kappa shape index (κ2) is 9.19. The Morgan fingerprint density at radius 2 is 1.81 bits per heavy atom. The summed E-state index contributed by atoms with van der Waals surface area (Å²) in [5.74, 6) is 0.412. The van der Waals surface area contributed by atoms with Crippen LogP contribution in [-0.4, -0.2) is 12.5 Å². The molecule has 0 unspecified atom stereocenters. The Morgan fingerprint density at radius 3 is 2.35 bits per heavy atom. The zero-order valence-electron chi connectivity index (χ0n) is 18.2. The minimum Gasteiger partial charge on any atom is -0.481 e. The van der Waals surface area contributed by atoms with Gasteiger partial charge in [0.2, 0.25) is 0 Å². The number of rotatable bonds is 4.